The van der Waals surface area contributed by atoms with Crippen LogP contribution < -0.4 is 5.32 Å². The first-order valence-corrected chi connectivity index (χ1v) is 12.6. The fraction of sp³-hybridized carbons (Fsp3) is 0.310. The van der Waals surface area contributed by atoms with E-state index in [2.05, 4.69) is 48.3 Å². The second kappa shape index (κ2) is 11.5. The van der Waals surface area contributed by atoms with Crippen molar-refractivity contribution in [3.05, 3.63) is 89.4 Å². The molecule has 35 heavy (non-hydrogen) atoms. The summed E-state index contributed by atoms with van der Waals surface area (Å²) in [7, 11) is 0. The zero-order chi connectivity index (χ0) is 24.8. The summed E-state index contributed by atoms with van der Waals surface area (Å²) in [6, 6.07) is 26.2. The Morgan fingerprint density at radius 3 is 2.37 bits per heavy atom. The van der Waals surface area contributed by atoms with Crippen LogP contribution in [0.1, 0.15) is 38.8 Å². The minimum atomic E-state index is -0.443. The van der Waals surface area contributed by atoms with Crippen molar-refractivity contribution in [2.45, 2.75) is 45.8 Å². The fourth-order valence-corrected chi connectivity index (χ4v) is 4.48. The van der Waals surface area contributed by atoms with Gasteiger partial charge in [0.1, 0.15) is 11.7 Å². The van der Waals surface area contributed by atoms with Crippen LogP contribution in [0.4, 0.5) is 0 Å². The molecule has 0 spiro atoms. The van der Waals surface area contributed by atoms with Crippen molar-refractivity contribution < 1.29 is 4.79 Å². The van der Waals surface area contributed by atoms with Crippen molar-refractivity contribution >= 4 is 28.4 Å². The molecule has 0 saturated carbocycles. The van der Waals surface area contributed by atoms with Crippen LogP contribution in [0.25, 0.3) is 22.2 Å². The topological polar surface area (TPSA) is 50.2 Å². The van der Waals surface area contributed by atoms with Gasteiger partial charge in [-0.2, -0.15) is 5.10 Å². The standard InChI is InChI=1S/C29H33ClN4O/c1-21(2)33(20-23-11-6-4-7-12-23)18-10-17-31-29(35)22(3)34-27-16-15-25(30)19-26(27)28(32-34)24-13-8-5-9-14-24/h4-9,11-16,19,21-22H,10,17-18,20H2,1-3H3,(H,31,35)/t22-/m0/s1. The number of rotatable bonds is 10. The van der Waals surface area contributed by atoms with Crippen molar-refractivity contribution in [1.82, 2.24) is 20.0 Å². The summed E-state index contributed by atoms with van der Waals surface area (Å²) in [5, 5.41) is 9.54. The molecule has 1 N–H and O–H groups in total. The summed E-state index contributed by atoms with van der Waals surface area (Å²) in [6.45, 7) is 8.76. The van der Waals surface area contributed by atoms with Crippen LogP contribution in [0.15, 0.2) is 78.9 Å². The lowest BCUT2D eigenvalue weighted by Gasteiger charge is -2.26. The Morgan fingerprint density at radius 1 is 1.00 bits per heavy atom. The van der Waals surface area contributed by atoms with Crippen LogP contribution in [-0.4, -0.2) is 39.7 Å². The number of nitrogens with one attached hydrogen (secondary N) is 1. The number of halogens is 1. The molecule has 3 aromatic carbocycles. The third-order valence-corrected chi connectivity index (χ3v) is 6.58. The van der Waals surface area contributed by atoms with Crippen molar-refractivity contribution in [2.75, 3.05) is 13.1 Å². The Hall–Kier alpha value is -3.15. The third kappa shape index (κ3) is 6.11. The lowest BCUT2D eigenvalue weighted by molar-refractivity contribution is -0.124. The predicted molar refractivity (Wildman–Crippen MR) is 145 cm³/mol. The Bertz CT molecular complexity index is 1250. The molecule has 5 nitrogen and oxygen atoms in total. The van der Waals surface area contributed by atoms with E-state index < -0.39 is 6.04 Å². The van der Waals surface area contributed by atoms with Crippen LogP contribution >= 0.6 is 11.6 Å². The highest BCUT2D eigenvalue weighted by atomic mass is 35.5. The van der Waals surface area contributed by atoms with Crippen LogP contribution in [0.2, 0.25) is 5.02 Å². The van der Waals surface area contributed by atoms with Crippen molar-refractivity contribution in [3.63, 3.8) is 0 Å². The second-order valence-electron chi connectivity index (χ2n) is 9.19. The molecule has 0 aliphatic carbocycles. The van der Waals surface area contributed by atoms with E-state index in [1.807, 2.05) is 61.5 Å². The van der Waals surface area contributed by atoms with E-state index in [1.165, 1.54) is 5.56 Å². The molecule has 0 fully saturated rings. The first-order valence-electron chi connectivity index (χ1n) is 12.2. The highest BCUT2D eigenvalue weighted by Crippen LogP contribution is 2.31. The molecule has 0 aliphatic rings. The van der Waals surface area contributed by atoms with Gasteiger partial charge in [0, 0.05) is 41.6 Å². The number of carbonyl (C=O) groups is 1. The molecule has 6 heteroatoms. The smallest absolute Gasteiger partial charge is 0.244 e. The van der Waals surface area contributed by atoms with E-state index >= 15 is 0 Å². The highest BCUT2D eigenvalue weighted by Gasteiger charge is 2.21. The Kier molecular flexibility index (Phi) is 8.21. The largest absolute Gasteiger partial charge is 0.354 e. The normalized spacial score (nSPS) is 12.4. The van der Waals surface area contributed by atoms with E-state index in [0.29, 0.717) is 17.6 Å². The molecular weight excluding hydrogens is 456 g/mol. The van der Waals surface area contributed by atoms with E-state index in [4.69, 9.17) is 16.7 Å². The number of hydrogen-bond donors (Lipinski definition) is 1. The van der Waals surface area contributed by atoms with Crippen LogP contribution in [-0.2, 0) is 11.3 Å². The summed E-state index contributed by atoms with van der Waals surface area (Å²) in [5.41, 5.74) is 4.03. The van der Waals surface area contributed by atoms with Crippen molar-refractivity contribution in [2.24, 2.45) is 0 Å². The molecule has 0 radical (unpaired) electrons. The quantitative estimate of drug-likeness (QED) is 0.265. The number of aromatic nitrogens is 2. The third-order valence-electron chi connectivity index (χ3n) is 6.34. The van der Waals surface area contributed by atoms with Gasteiger partial charge < -0.3 is 5.32 Å². The number of nitrogens with zero attached hydrogens (tertiary/aromatic N) is 3. The molecule has 4 aromatic rings. The van der Waals surface area contributed by atoms with Crippen molar-refractivity contribution in [1.29, 1.82) is 0 Å². The van der Waals surface area contributed by atoms with Gasteiger partial charge in [0.05, 0.1) is 5.52 Å². The molecule has 4 rings (SSSR count). The zero-order valence-electron chi connectivity index (χ0n) is 20.6. The summed E-state index contributed by atoms with van der Waals surface area (Å²) in [5.74, 6) is -0.0388. The number of hydrogen-bond acceptors (Lipinski definition) is 3. The lowest BCUT2D eigenvalue weighted by Crippen LogP contribution is -2.36. The molecule has 1 heterocycles. The van der Waals surface area contributed by atoms with Gasteiger partial charge in [-0.1, -0.05) is 72.3 Å². The van der Waals surface area contributed by atoms with E-state index in [-0.39, 0.29) is 5.91 Å². The van der Waals surface area contributed by atoms with E-state index in [1.54, 1.807) is 4.68 Å². The Labute approximate surface area is 212 Å². The first kappa shape index (κ1) is 25.0. The summed E-state index contributed by atoms with van der Waals surface area (Å²) in [6.07, 6.45) is 0.883. The first-order chi connectivity index (χ1) is 16.9. The Morgan fingerprint density at radius 2 is 1.69 bits per heavy atom. The van der Waals surface area contributed by atoms with E-state index in [0.717, 1.165) is 41.7 Å². The molecule has 1 amide bonds. The van der Waals surface area contributed by atoms with Crippen LogP contribution in [0.3, 0.4) is 0 Å². The lowest BCUT2D eigenvalue weighted by atomic mass is 10.1. The van der Waals surface area contributed by atoms with Gasteiger partial charge in [-0.25, -0.2) is 0 Å². The van der Waals surface area contributed by atoms with Gasteiger partial charge in [0.2, 0.25) is 5.91 Å². The SMILES string of the molecule is CC(C)N(CCCNC(=O)[C@H](C)n1nc(-c2ccccc2)c2cc(Cl)ccc21)Cc1ccccc1. The van der Waals surface area contributed by atoms with E-state index in [9.17, 15) is 4.79 Å². The van der Waals surface area contributed by atoms with Gasteiger partial charge >= 0.3 is 0 Å². The second-order valence-corrected chi connectivity index (χ2v) is 9.63. The van der Waals surface area contributed by atoms with Gasteiger partial charge in [-0.3, -0.25) is 14.4 Å². The maximum absolute atomic E-state index is 13.1. The van der Waals surface area contributed by atoms with Crippen LogP contribution in [0, 0.1) is 0 Å². The predicted octanol–water partition coefficient (Wildman–Crippen LogP) is 6.33. The fourth-order valence-electron chi connectivity index (χ4n) is 4.31. The van der Waals surface area contributed by atoms with Gasteiger partial charge in [-0.05, 0) is 51.0 Å². The number of fused-ring (bicyclic) bond motifs is 1. The monoisotopic (exact) mass is 488 g/mol. The van der Waals surface area contributed by atoms with Gasteiger partial charge in [-0.15, -0.1) is 0 Å². The summed E-state index contributed by atoms with van der Waals surface area (Å²) >= 11 is 6.29. The molecule has 0 aliphatic heterocycles. The molecule has 1 atom stereocenters. The maximum Gasteiger partial charge on any atom is 0.244 e. The molecule has 0 unspecified atom stereocenters. The minimum Gasteiger partial charge on any atom is -0.354 e. The van der Waals surface area contributed by atoms with Crippen LogP contribution in [0.5, 0.6) is 0 Å². The average Bonchev–Trinajstić information content (AvgIpc) is 3.24. The molecule has 0 saturated heterocycles. The molecule has 182 valence electrons. The maximum atomic E-state index is 13.1. The zero-order valence-corrected chi connectivity index (χ0v) is 21.4. The highest BCUT2D eigenvalue weighted by molar-refractivity contribution is 6.31. The molecular formula is C29H33ClN4O. The number of amides is 1. The molecule has 0 bridgehead atoms. The van der Waals surface area contributed by atoms with Crippen molar-refractivity contribution in [3.8, 4) is 11.3 Å². The number of carbonyl (C=O) groups excluding carboxylic acids is 1. The minimum absolute atomic E-state index is 0.0388. The van der Waals surface area contributed by atoms with Gasteiger partial charge in [0.25, 0.3) is 0 Å². The molecule has 1 aromatic heterocycles. The Balaban J connectivity index is 1.41. The summed E-state index contributed by atoms with van der Waals surface area (Å²) < 4.78 is 1.80. The average molecular weight is 489 g/mol. The van der Waals surface area contributed by atoms with Gasteiger partial charge in [0.15, 0.2) is 0 Å². The number of benzene rings is 3. The summed E-state index contributed by atoms with van der Waals surface area (Å²) in [4.78, 5) is 15.5.